The van der Waals surface area contributed by atoms with Crippen LogP contribution in [-0.2, 0) is 9.47 Å². The van der Waals surface area contributed by atoms with E-state index in [1.807, 2.05) is 12.2 Å². The summed E-state index contributed by atoms with van der Waals surface area (Å²) in [6, 6.07) is 0. The van der Waals surface area contributed by atoms with Crippen molar-refractivity contribution in [2.24, 2.45) is 5.73 Å². The predicted octanol–water partition coefficient (Wildman–Crippen LogP) is 1.56. The molecular formula is C10H17NO2. The monoisotopic (exact) mass is 183 g/mol. The average Bonchev–Trinajstić information content (AvgIpc) is 2.19. The van der Waals surface area contributed by atoms with Crippen molar-refractivity contribution in [1.82, 2.24) is 0 Å². The number of hydrogen-bond acceptors (Lipinski definition) is 3. The molecule has 0 aromatic carbocycles. The lowest BCUT2D eigenvalue weighted by molar-refractivity contribution is 0.0161. The molecule has 0 heterocycles. The van der Waals surface area contributed by atoms with Gasteiger partial charge in [0.1, 0.15) is 5.76 Å². The van der Waals surface area contributed by atoms with Crippen molar-refractivity contribution in [1.29, 1.82) is 0 Å². The highest BCUT2D eigenvalue weighted by atomic mass is 16.5. The van der Waals surface area contributed by atoms with E-state index in [1.54, 1.807) is 14.2 Å². The number of ether oxygens (including phenoxy) is 2. The van der Waals surface area contributed by atoms with E-state index in [0.717, 1.165) is 18.6 Å². The lowest BCUT2D eigenvalue weighted by Gasteiger charge is -2.31. The Kier molecular flexibility index (Phi) is 2.98. The van der Waals surface area contributed by atoms with Crippen LogP contribution < -0.4 is 5.73 Å². The minimum absolute atomic E-state index is 0.228. The first-order valence-corrected chi connectivity index (χ1v) is 4.44. The minimum Gasteiger partial charge on any atom is -0.499 e. The van der Waals surface area contributed by atoms with Gasteiger partial charge in [-0.2, -0.15) is 0 Å². The summed E-state index contributed by atoms with van der Waals surface area (Å²) < 4.78 is 10.6. The first-order valence-electron chi connectivity index (χ1n) is 4.44. The molecule has 0 aliphatic heterocycles. The Hall–Kier alpha value is -0.960. The Labute approximate surface area is 79.2 Å². The SMILES string of the molecule is CCC1(OC)C=CC(N)=C(OC)C1. The smallest absolute Gasteiger partial charge is 0.122 e. The van der Waals surface area contributed by atoms with E-state index in [2.05, 4.69) is 6.92 Å². The Morgan fingerprint density at radius 2 is 2.23 bits per heavy atom. The van der Waals surface area contributed by atoms with Crippen LogP contribution in [0.5, 0.6) is 0 Å². The maximum atomic E-state index is 5.73. The van der Waals surface area contributed by atoms with E-state index in [9.17, 15) is 0 Å². The van der Waals surface area contributed by atoms with Crippen LogP contribution in [0.1, 0.15) is 19.8 Å². The molecule has 0 radical (unpaired) electrons. The maximum absolute atomic E-state index is 5.73. The highest BCUT2D eigenvalue weighted by Crippen LogP contribution is 2.30. The Morgan fingerprint density at radius 3 is 2.69 bits per heavy atom. The molecule has 0 spiro atoms. The van der Waals surface area contributed by atoms with Crippen molar-refractivity contribution in [2.45, 2.75) is 25.4 Å². The van der Waals surface area contributed by atoms with Gasteiger partial charge in [-0.25, -0.2) is 0 Å². The molecular weight excluding hydrogens is 166 g/mol. The largest absolute Gasteiger partial charge is 0.499 e. The number of methoxy groups -OCH3 is 2. The average molecular weight is 183 g/mol. The zero-order chi connectivity index (χ0) is 9.90. The summed E-state index contributed by atoms with van der Waals surface area (Å²) in [7, 11) is 3.35. The zero-order valence-electron chi connectivity index (χ0n) is 8.46. The minimum atomic E-state index is -0.228. The van der Waals surface area contributed by atoms with E-state index in [-0.39, 0.29) is 5.60 Å². The fourth-order valence-electron chi connectivity index (χ4n) is 1.48. The van der Waals surface area contributed by atoms with Gasteiger partial charge >= 0.3 is 0 Å². The fraction of sp³-hybridized carbons (Fsp3) is 0.600. The molecule has 2 N–H and O–H groups in total. The molecule has 74 valence electrons. The first kappa shape index (κ1) is 10.1. The Bertz CT molecular complexity index is 239. The van der Waals surface area contributed by atoms with Gasteiger partial charge in [0.05, 0.1) is 18.4 Å². The molecule has 0 amide bonds. The quantitative estimate of drug-likeness (QED) is 0.722. The van der Waals surface area contributed by atoms with E-state index in [4.69, 9.17) is 15.2 Å². The van der Waals surface area contributed by atoms with Gasteiger partial charge in [0.2, 0.25) is 0 Å². The summed E-state index contributed by atoms with van der Waals surface area (Å²) in [6.07, 6.45) is 5.50. The molecule has 3 nitrogen and oxygen atoms in total. The van der Waals surface area contributed by atoms with Crippen LogP contribution in [0.2, 0.25) is 0 Å². The van der Waals surface area contributed by atoms with Crippen LogP contribution in [-0.4, -0.2) is 19.8 Å². The number of rotatable bonds is 3. The molecule has 1 rings (SSSR count). The third-order valence-corrected chi connectivity index (χ3v) is 2.60. The van der Waals surface area contributed by atoms with Crippen LogP contribution in [0, 0.1) is 0 Å². The molecule has 0 saturated carbocycles. The lowest BCUT2D eigenvalue weighted by atomic mass is 9.90. The topological polar surface area (TPSA) is 44.5 Å². The summed E-state index contributed by atoms with van der Waals surface area (Å²) in [6.45, 7) is 2.09. The number of nitrogens with two attached hydrogens (primary N) is 1. The summed E-state index contributed by atoms with van der Waals surface area (Å²) >= 11 is 0. The molecule has 0 bridgehead atoms. The molecule has 1 atom stereocenters. The standard InChI is InChI=1S/C10H17NO2/c1-4-10(13-3)6-5-8(11)9(7-10)12-2/h5-6H,4,7,11H2,1-3H3. The van der Waals surface area contributed by atoms with E-state index in [1.165, 1.54) is 0 Å². The summed E-state index contributed by atoms with van der Waals surface area (Å²) in [5.41, 5.74) is 6.20. The molecule has 0 fully saturated rings. The van der Waals surface area contributed by atoms with Gasteiger partial charge in [-0.1, -0.05) is 13.0 Å². The van der Waals surface area contributed by atoms with Crippen LogP contribution in [0.25, 0.3) is 0 Å². The number of hydrogen-bond donors (Lipinski definition) is 1. The van der Waals surface area contributed by atoms with Gasteiger partial charge in [0, 0.05) is 13.5 Å². The third kappa shape index (κ3) is 1.86. The predicted molar refractivity (Wildman–Crippen MR) is 52.0 cm³/mol. The van der Waals surface area contributed by atoms with Gasteiger partial charge in [0.25, 0.3) is 0 Å². The molecule has 0 aromatic rings. The Balaban J connectivity index is 2.86. The second-order valence-electron chi connectivity index (χ2n) is 3.22. The van der Waals surface area contributed by atoms with Gasteiger partial charge < -0.3 is 15.2 Å². The normalized spacial score (nSPS) is 27.9. The second-order valence-corrected chi connectivity index (χ2v) is 3.22. The highest BCUT2D eigenvalue weighted by molar-refractivity contribution is 5.29. The van der Waals surface area contributed by atoms with Gasteiger partial charge in [-0.05, 0) is 12.5 Å². The molecule has 0 aromatic heterocycles. The van der Waals surface area contributed by atoms with Crippen LogP contribution in [0.4, 0.5) is 0 Å². The molecule has 0 saturated heterocycles. The summed E-state index contributed by atoms with van der Waals surface area (Å²) in [5, 5.41) is 0. The van der Waals surface area contributed by atoms with Gasteiger partial charge in [0.15, 0.2) is 0 Å². The second kappa shape index (κ2) is 3.83. The maximum Gasteiger partial charge on any atom is 0.122 e. The molecule has 1 aliphatic rings. The van der Waals surface area contributed by atoms with Crippen molar-refractivity contribution >= 4 is 0 Å². The molecule has 13 heavy (non-hydrogen) atoms. The van der Waals surface area contributed by atoms with Gasteiger partial charge in [-0.3, -0.25) is 0 Å². The molecule has 1 unspecified atom stereocenters. The Morgan fingerprint density at radius 1 is 1.54 bits per heavy atom. The molecule has 3 heteroatoms. The van der Waals surface area contributed by atoms with Crippen LogP contribution >= 0.6 is 0 Å². The van der Waals surface area contributed by atoms with Crippen molar-refractivity contribution in [2.75, 3.05) is 14.2 Å². The van der Waals surface area contributed by atoms with Crippen molar-refractivity contribution in [3.05, 3.63) is 23.6 Å². The van der Waals surface area contributed by atoms with Crippen molar-refractivity contribution in [3.8, 4) is 0 Å². The van der Waals surface area contributed by atoms with Crippen molar-refractivity contribution in [3.63, 3.8) is 0 Å². The summed E-state index contributed by atoms with van der Waals surface area (Å²) in [5.74, 6) is 0.811. The zero-order valence-corrected chi connectivity index (χ0v) is 8.46. The van der Waals surface area contributed by atoms with E-state index < -0.39 is 0 Å². The fourth-order valence-corrected chi connectivity index (χ4v) is 1.48. The van der Waals surface area contributed by atoms with Crippen LogP contribution in [0.3, 0.4) is 0 Å². The summed E-state index contributed by atoms with van der Waals surface area (Å²) in [4.78, 5) is 0. The van der Waals surface area contributed by atoms with E-state index in [0.29, 0.717) is 5.70 Å². The van der Waals surface area contributed by atoms with Gasteiger partial charge in [-0.15, -0.1) is 0 Å². The highest BCUT2D eigenvalue weighted by Gasteiger charge is 2.30. The first-order chi connectivity index (χ1) is 6.17. The molecule has 1 aliphatic carbocycles. The third-order valence-electron chi connectivity index (χ3n) is 2.60. The van der Waals surface area contributed by atoms with E-state index >= 15 is 0 Å². The van der Waals surface area contributed by atoms with Crippen LogP contribution in [0.15, 0.2) is 23.6 Å². The van der Waals surface area contributed by atoms with Crippen molar-refractivity contribution < 1.29 is 9.47 Å². The number of allylic oxidation sites excluding steroid dienone is 1. The lowest BCUT2D eigenvalue weighted by Crippen LogP contribution is -2.32.